The summed E-state index contributed by atoms with van der Waals surface area (Å²) < 4.78 is 0. The van der Waals surface area contributed by atoms with Crippen LogP contribution in [-0.2, 0) is 11.3 Å². The van der Waals surface area contributed by atoms with Crippen molar-refractivity contribution in [2.45, 2.75) is 26.8 Å². The van der Waals surface area contributed by atoms with Gasteiger partial charge in [0.1, 0.15) is 0 Å². The molecule has 2 aromatic carbocycles. The fourth-order valence-corrected chi connectivity index (χ4v) is 3.68. The Bertz CT molecular complexity index is 751. The Kier molecular flexibility index (Phi) is 6.51. The van der Waals surface area contributed by atoms with Crippen LogP contribution in [0.1, 0.15) is 23.1 Å². The predicted molar refractivity (Wildman–Crippen MR) is 112 cm³/mol. The van der Waals surface area contributed by atoms with Crippen LogP contribution in [0.5, 0.6) is 0 Å². The normalized spacial score (nSPS) is 15.0. The second-order valence-electron chi connectivity index (χ2n) is 7.53. The van der Waals surface area contributed by atoms with Crippen LogP contribution in [-0.4, -0.2) is 55.5 Å². The van der Waals surface area contributed by atoms with E-state index in [0.717, 1.165) is 32.7 Å². The minimum absolute atomic E-state index is 0.218. The molecule has 1 aliphatic rings. The standard InChI is InChI=1S/C23H31N3O/c1-19-8-7-11-22(20(19)2)26-16-14-25(15-17-26)13-12-23(27)24(3)18-21-9-5-4-6-10-21/h4-11H,12-18H2,1-3H3. The summed E-state index contributed by atoms with van der Waals surface area (Å²) in [6.07, 6.45) is 0.590. The zero-order valence-corrected chi connectivity index (χ0v) is 16.8. The number of piperazine rings is 1. The zero-order valence-electron chi connectivity index (χ0n) is 16.8. The number of carbonyl (C=O) groups is 1. The second kappa shape index (κ2) is 9.05. The van der Waals surface area contributed by atoms with Crippen molar-refractivity contribution in [2.75, 3.05) is 44.7 Å². The van der Waals surface area contributed by atoms with Gasteiger partial charge in [-0.3, -0.25) is 9.69 Å². The molecule has 0 aliphatic carbocycles. The summed E-state index contributed by atoms with van der Waals surface area (Å²) >= 11 is 0. The molecule has 1 aliphatic heterocycles. The highest BCUT2D eigenvalue weighted by atomic mass is 16.2. The first-order valence-corrected chi connectivity index (χ1v) is 9.86. The fraction of sp³-hybridized carbons (Fsp3) is 0.435. The van der Waals surface area contributed by atoms with Crippen molar-refractivity contribution in [1.29, 1.82) is 0 Å². The van der Waals surface area contributed by atoms with Gasteiger partial charge >= 0.3 is 0 Å². The molecule has 4 heteroatoms. The summed E-state index contributed by atoms with van der Waals surface area (Å²) in [5.74, 6) is 0.218. The van der Waals surface area contributed by atoms with Crippen LogP contribution in [0.4, 0.5) is 5.69 Å². The van der Waals surface area contributed by atoms with Gasteiger partial charge in [-0.2, -0.15) is 0 Å². The quantitative estimate of drug-likeness (QED) is 0.784. The molecule has 3 rings (SSSR count). The molecule has 4 nitrogen and oxygen atoms in total. The van der Waals surface area contributed by atoms with Crippen LogP contribution in [0.25, 0.3) is 0 Å². The summed E-state index contributed by atoms with van der Waals surface area (Å²) in [5, 5.41) is 0. The van der Waals surface area contributed by atoms with Gasteiger partial charge in [0.25, 0.3) is 0 Å². The second-order valence-corrected chi connectivity index (χ2v) is 7.53. The minimum Gasteiger partial charge on any atom is -0.369 e. The largest absolute Gasteiger partial charge is 0.369 e. The van der Waals surface area contributed by atoms with Gasteiger partial charge in [-0.1, -0.05) is 42.5 Å². The molecule has 0 aromatic heterocycles. The Morgan fingerprint density at radius 1 is 0.963 bits per heavy atom. The van der Waals surface area contributed by atoms with E-state index in [1.807, 2.05) is 30.1 Å². The maximum absolute atomic E-state index is 12.4. The number of hydrogen-bond donors (Lipinski definition) is 0. The Labute approximate surface area is 163 Å². The van der Waals surface area contributed by atoms with Crippen LogP contribution < -0.4 is 4.90 Å². The molecular weight excluding hydrogens is 334 g/mol. The first kappa shape index (κ1) is 19.4. The Morgan fingerprint density at radius 3 is 2.37 bits per heavy atom. The van der Waals surface area contributed by atoms with Crippen molar-refractivity contribution in [1.82, 2.24) is 9.80 Å². The Hall–Kier alpha value is -2.33. The highest BCUT2D eigenvalue weighted by molar-refractivity contribution is 5.76. The SMILES string of the molecule is Cc1cccc(N2CCN(CCC(=O)N(C)Cc3ccccc3)CC2)c1C. The minimum atomic E-state index is 0.218. The number of benzene rings is 2. The van der Waals surface area contributed by atoms with Gasteiger partial charge in [0.05, 0.1) is 0 Å². The number of amides is 1. The molecule has 1 saturated heterocycles. The van der Waals surface area contributed by atoms with Crippen LogP contribution in [0.2, 0.25) is 0 Å². The summed E-state index contributed by atoms with van der Waals surface area (Å²) in [5.41, 5.74) is 5.26. The van der Waals surface area contributed by atoms with Crippen LogP contribution in [0.15, 0.2) is 48.5 Å². The number of anilines is 1. The molecule has 1 amide bonds. The molecule has 0 saturated carbocycles. The van der Waals surface area contributed by atoms with Gasteiger partial charge < -0.3 is 9.80 Å². The van der Waals surface area contributed by atoms with Gasteiger partial charge in [-0.05, 0) is 36.6 Å². The number of rotatable bonds is 6. The van der Waals surface area contributed by atoms with E-state index in [1.165, 1.54) is 22.4 Å². The van der Waals surface area contributed by atoms with Gasteiger partial charge in [0, 0.05) is 58.4 Å². The monoisotopic (exact) mass is 365 g/mol. The molecule has 0 bridgehead atoms. The smallest absolute Gasteiger partial charge is 0.223 e. The lowest BCUT2D eigenvalue weighted by atomic mass is 10.1. The lowest BCUT2D eigenvalue weighted by Gasteiger charge is -2.37. The highest BCUT2D eigenvalue weighted by Gasteiger charge is 2.20. The van der Waals surface area contributed by atoms with E-state index >= 15 is 0 Å². The van der Waals surface area contributed by atoms with Crippen molar-refractivity contribution in [2.24, 2.45) is 0 Å². The molecule has 27 heavy (non-hydrogen) atoms. The van der Waals surface area contributed by atoms with Crippen LogP contribution in [0, 0.1) is 13.8 Å². The lowest BCUT2D eigenvalue weighted by molar-refractivity contribution is -0.130. The van der Waals surface area contributed by atoms with Gasteiger partial charge in [-0.25, -0.2) is 0 Å². The summed E-state index contributed by atoms with van der Waals surface area (Å²) in [7, 11) is 1.90. The molecule has 0 radical (unpaired) electrons. The number of nitrogens with zero attached hydrogens (tertiary/aromatic N) is 3. The van der Waals surface area contributed by atoms with Gasteiger partial charge in [0.15, 0.2) is 0 Å². The molecule has 0 unspecified atom stereocenters. The Balaban J connectivity index is 1.44. The average molecular weight is 366 g/mol. The lowest BCUT2D eigenvalue weighted by Crippen LogP contribution is -2.47. The maximum atomic E-state index is 12.4. The van der Waals surface area contributed by atoms with Gasteiger partial charge in [0.2, 0.25) is 5.91 Å². The fourth-order valence-electron chi connectivity index (χ4n) is 3.68. The average Bonchev–Trinajstić information content (AvgIpc) is 2.69. The van der Waals surface area contributed by atoms with Crippen molar-refractivity contribution >= 4 is 11.6 Å². The van der Waals surface area contributed by atoms with E-state index in [4.69, 9.17) is 0 Å². The molecule has 0 spiro atoms. The molecule has 144 valence electrons. The topological polar surface area (TPSA) is 26.8 Å². The first-order chi connectivity index (χ1) is 13.0. The molecule has 0 N–H and O–H groups in total. The van der Waals surface area contributed by atoms with E-state index < -0.39 is 0 Å². The maximum Gasteiger partial charge on any atom is 0.223 e. The van der Waals surface area contributed by atoms with Crippen molar-refractivity contribution in [3.63, 3.8) is 0 Å². The Morgan fingerprint density at radius 2 is 1.67 bits per heavy atom. The summed E-state index contributed by atoms with van der Waals surface area (Å²) in [6.45, 7) is 9.99. The number of hydrogen-bond acceptors (Lipinski definition) is 3. The van der Waals surface area contributed by atoms with E-state index in [9.17, 15) is 4.79 Å². The van der Waals surface area contributed by atoms with E-state index in [2.05, 4.69) is 54.0 Å². The third-order valence-corrected chi connectivity index (χ3v) is 5.62. The van der Waals surface area contributed by atoms with Crippen molar-refractivity contribution < 1.29 is 4.79 Å². The highest BCUT2D eigenvalue weighted by Crippen LogP contribution is 2.23. The molecule has 2 aromatic rings. The number of carbonyl (C=O) groups excluding carboxylic acids is 1. The van der Waals surface area contributed by atoms with E-state index in [-0.39, 0.29) is 5.91 Å². The van der Waals surface area contributed by atoms with Crippen LogP contribution >= 0.6 is 0 Å². The third-order valence-electron chi connectivity index (χ3n) is 5.62. The predicted octanol–water partition coefficient (Wildman–Crippen LogP) is 3.47. The zero-order chi connectivity index (χ0) is 19.2. The summed E-state index contributed by atoms with van der Waals surface area (Å²) in [4.78, 5) is 19.2. The van der Waals surface area contributed by atoms with Crippen molar-refractivity contribution in [3.8, 4) is 0 Å². The number of aryl methyl sites for hydroxylation is 1. The molecule has 0 atom stereocenters. The van der Waals surface area contributed by atoms with Crippen molar-refractivity contribution in [3.05, 3.63) is 65.2 Å². The molecule has 1 heterocycles. The molecular formula is C23H31N3O. The first-order valence-electron chi connectivity index (χ1n) is 9.86. The van der Waals surface area contributed by atoms with E-state index in [0.29, 0.717) is 13.0 Å². The molecule has 1 fully saturated rings. The van der Waals surface area contributed by atoms with E-state index in [1.54, 1.807) is 0 Å². The van der Waals surface area contributed by atoms with Crippen LogP contribution in [0.3, 0.4) is 0 Å². The summed E-state index contributed by atoms with van der Waals surface area (Å²) in [6, 6.07) is 16.7. The third kappa shape index (κ3) is 5.10. The van der Waals surface area contributed by atoms with Gasteiger partial charge in [-0.15, -0.1) is 0 Å².